The summed E-state index contributed by atoms with van der Waals surface area (Å²) in [7, 11) is 0. The van der Waals surface area contributed by atoms with Crippen molar-refractivity contribution in [2.24, 2.45) is 0 Å². The third-order valence-corrected chi connectivity index (χ3v) is 3.58. The first-order valence-electron chi connectivity index (χ1n) is 6.56. The molecule has 0 saturated carbocycles. The number of hydrogen-bond donors (Lipinski definition) is 3. The maximum absolute atomic E-state index is 10.7. The summed E-state index contributed by atoms with van der Waals surface area (Å²) in [6.45, 7) is 3.60. The van der Waals surface area contributed by atoms with Crippen molar-refractivity contribution in [3.63, 3.8) is 0 Å². The first kappa shape index (κ1) is 14.6. The number of aromatic hydroxyl groups is 2. The van der Waals surface area contributed by atoms with Gasteiger partial charge in [-0.15, -0.1) is 0 Å². The zero-order valence-corrected chi connectivity index (χ0v) is 11.3. The molecule has 2 unspecified atom stereocenters. The van der Waals surface area contributed by atoms with E-state index in [9.17, 15) is 15.0 Å². The summed E-state index contributed by atoms with van der Waals surface area (Å²) in [6.07, 6.45) is -0.354. The van der Waals surface area contributed by atoms with Crippen molar-refractivity contribution in [1.29, 1.82) is 0 Å². The van der Waals surface area contributed by atoms with Crippen molar-refractivity contribution in [2.75, 3.05) is 19.7 Å². The van der Waals surface area contributed by atoms with E-state index >= 15 is 0 Å². The van der Waals surface area contributed by atoms with Crippen LogP contribution in [0.1, 0.15) is 24.9 Å². The molecule has 1 aromatic rings. The van der Waals surface area contributed by atoms with Gasteiger partial charge >= 0.3 is 5.97 Å². The average molecular weight is 281 g/mol. The van der Waals surface area contributed by atoms with Crippen molar-refractivity contribution in [2.45, 2.75) is 25.5 Å². The highest BCUT2D eigenvalue weighted by Gasteiger charge is 2.27. The minimum Gasteiger partial charge on any atom is -0.508 e. The van der Waals surface area contributed by atoms with E-state index < -0.39 is 5.97 Å². The molecule has 1 aliphatic heterocycles. The van der Waals surface area contributed by atoms with E-state index in [2.05, 4.69) is 4.90 Å². The predicted molar refractivity (Wildman–Crippen MR) is 71.8 cm³/mol. The molecule has 0 aliphatic carbocycles. The van der Waals surface area contributed by atoms with Crippen LogP contribution in [0.3, 0.4) is 0 Å². The number of hydrogen-bond acceptors (Lipinski definition) is 5. The van der Waals surface area contributed by atoms with E-state index in [4.69, 9.17) is 9.84 Å². The number of rotatable bonds is 4. The third-order valence-electron chi connectivity index (χ3n) is 3.58. The van der Waals surface area contributed by atoms with E-state index in [1.165, 1.54) is 12.1 Å². The summed E-state index contributed by atoms with van der Waals surface area (Å²) in [6, 6.07) is 4.44. The highest BCUT2D eigenvalue weighted by molar-refractivity contribution is 5.67. The molecule has 1 fully saturated rings. The van der Waals surface area contributed by atoms with Crippen LogP contribution in [0.25, 0.3) is 0 Å². The molecule has 20 heavy (non-hydrogen) atoms. The van der Waals surface area contributed by atoms with E-state index in [0.29, 0.717) is 25.3 Å². The second-order valence-corrected chi connectivity index (χ2v) is 5.00. The minimum atomic E-state index is -0.878. The molecule has 6 heteroatoms. The molecule has 1 heterocycles. The van der Waals surface area contributed by atoms with Crippen molar-refractivity contribution in [1.82, 2.24) is 4.90 Å². The van der Waals surface area contributed by atoms with Gasteiger partial charge in [0.25, 0.3) is 0 Å². The zero-order valence-electron chi connectivity index (χ0n) is 11.3. The Labute approximate surface area is 117 Å². The van der Waals surface area contributed by atoms with E-state index in [1.807, 2.05) is 6.92 Å². The van der Waals surface area contributed by atoms with Gasteiger partial charge < -0.3 is 20.1 Å². The number of ether oxygens (including phenoxy) is 1. The summed E-state index contributed by atoms with van der Waals surface area (Å²) < 4.78 is 5.43. The molecule has 3 N–H and O–H groups in total. The SMILES string of the molecule is CC(c1ccc(O)cc1O)N1CCOC(CC(=O)O)C1. The van der Waals surface area contributed by atoms with Crippen LogP contribution in [0.4, 0.5) is 0 Å². The summed E-state index contributed by atoms with van der Waals surface area (Å²) in [4.78, 5) is 12.8. The Kier molecular flexibility index (Phi) is 4.46. The van der Waals surface area contributed by atoms with Gasteiger partial charge in [0.05, 0.1) is 19.1 Å². The number of nitrogens with zero attached hydrogens (tertiary/aromatic N) is 1. The van der Waals surface area contributed by atoms with Gasteiger partial charge in [-0.2, -0.15) is 0 Å². The average Bonchev–Trinajstić information content (AvgIpc) is 2.37. The standard InChI is InChI=1S/C14H19NO5/c1-9(12-3-2-10(16)6-13(12)17)15-4-5-20-11(8-15)7-14(18)19/h2-3,6,9,11,16-17H,4-5,7-8H2,1H3,(H,18,19). The van der Waals surface area contributed by atoms with Crippen LogP contribution in [0.15, 0.2) is 18.2 Å². The van der Waals surface area contributed by atoms with Gasteiger partial charge in [-0.3, -0.25) is 9.69 Å². The second kappa shape index (κ2) is 6.11. The minimum absolute atomic E-state index is 0.0178. The smallest absolute Gasteiger partial charge is 0.306 e. The van der Waals surface area contributed by atoms with Crippen LogP contribution in [0.2, 0.25) is 0 Å². The van der Waals surface area contributed by atoms with Gasteiger partial charge in [0.1, 0.15) is 11.5 Å². The number of carbonyl (C=O) groups is 1. The first-order chi connectivity index (χ1) is 9.47. The normalized spacial score (nSPS) is 21.6. The number of phenolic OH excluding ortho intramolecular Hbond substituents is 2. The van der Waals surface area contributed by atoms with Crippen LogP contribution in [0, 0.1) is 0 Å². The highest BCUT2D eigenvalue weighted by atomic mass is 16.5. The molecule has 0 bridgehead atoms. The molecule has 6 nitrogen and oxygen atoms in total. The fourth-order valence-corrected chi connectivity index (χ4v) is 2.49. The number of morpholine rings is 1. The Morgan fingerprint density at radius 1 is 1.50 bits per heavy atom. The van der Waals surface area contributed by atoms with E-state index in [0.717, 1.165) is 0 Å². The van der Waals surface area contributed by atoms with Gasteiger partial charge in [0, 0.05) is 30.8 Å². The zero-order chi connectivity index (χ0) is 14.7. The summed E-state index contributed by atoms with van der Waals surface area (Å²) in [5.74, 6) is -0.819. The van der Waals surface area contributed by atoms with Crippen molar-refractivity contribution < 1.29 is 24.9 Å². The number of aliphatic carboxylic acids is 1. The van der Waals surface area contributed by atoms with Crippen molar-refractivity contribution >= 4 is 5.97 Å². The molecule has 1 saturated heterocycles. The maximum atomic E-state index is 10.7. The summed E-state index contributed by atoms with van der Waals surface area (Å²) >= 11 is 0. The molecule has 110 valence electrons. The highest BCUT2D eigenvalue weighted by Crippen LogP contribution is 2.32. The number of carboxylic acids is 1. The molecule has 2 atom stereocenters. The fourth-order valence-electron chi connectivity index (χ4n) is 2.49. The molecule has 0 aromatic heterocycles. The lowest BCUT2D eigenvalue weighted by atomic mass is 10.0. The lowest BCUT2D eigenvalue weighted by Crippen LogP contribution is -2.44. The Balaban J connectivity index is 2.08. The monoisotopic (exact) mass is 281 g/mol. The van der Waals surface area contributed by atoms with Crippen molar-refractivity contribution in [3.05, 3.63) is 23.8 Å². The predicted octanol–water partition coefficient (Wildman–Crippen LogP) is 1.33. The van der Waals surface area contributed by atoms with E-state index in [-0.39, 0.29) is 30.1 Å². The molecule has 2 rings (SSSR count). The van der Waals surface area contributed by atoms with Gasteiger partial charge in [-0.1, -0.05) is 6.07 Å². The molecule has 0 spiro atoms. The molecular weight excluding hydrogens is 262 g/mol. The Morgan fingerprint density at radius 2 is 2.25 bits per heavy atom. The van der Waals surface area contributed by atoms with Crippen LogP contribution < -0.4 is 0 Å². The Hall–Kier alpha value is -1.79. The lowest BCUT2D eigenvalue weighted by Gasteiger charge is -2.36. The second-order valence-electron chi connectivity index (χ2n) is 5.00. The Bertz CT molecular complexity index is 490. The fraction of sp³-hybridized carbons (Fsp3) is 0.500. The summed E-state index contributed by atoms with van der Waals surface area (Å²) in [5, 5.41) is 28.0. The number of benzene rings is 1. The van der Waals surface area contributed by atoms with E-state index in [1.54, 1.807) is 6.07 Å². The number of carboxylic acid groups (broad SMARTS) is 1. The van der Waals surface area contributed by atoms with Crippen LogP contribution in [-0.2, 0) is 9.53 Å². The quantitative estimate of drug-likeness (QED) is 0.771. The summed E-state index contributed by atoms with van der Waals surface area (Å²) in [5.41, 5.74) is 0.707. The topological polar surface area (TPSA) is 90.2 Å². The first-order valence-corrected chi connectivity index (χ1v) is 6.56. The van der Waals surface area contributed by atoms with Gasteiger partial charge in [0.2, 0.25) is 0 Å². The lowest BCUT2D eigenvalue weighted by molar-refractivity contribution is -0.142. The van der Waals surface area contributed by atoms with Crippen molar-refractivity contribution in [3.8, 4) is 11.5 Å². The maximum Gasteiger partial charge on any atom is 0.306 e. The van der Waals surface area contributed by atoms with Gasteiger partial charge in [0.15, 0.2) is 0 Å². The number of phenols is 2. The van der Waals surface area contributed by atoms with Crippen LogP contribution in [0.5, 0.6) is 11.5 Å². The molecular formula is C14H19NO5. The Morgan fingerprint density at radius 3 is 2.90 bits per heavy atom. The molecule has 0 amide bonds. The van der Waals surface area contributed by atoms with Gasteiger partial charge in [-0.05, 0) is 13.0 Å². The molecule has 1 aromatic carbocycles. The van der Waals surface area contributed by atoms with Crippen LogP contribution in [-0.4, -0.2) is 52.0 Å². The molecule has 1 aliphatic rings. The molecule has 0 radical (unpaired) electrons. The van der Waals surface area contributed by atoms with Gasteiger partial charge in [-0.25, -0.2) is 0 Å². The largest absolute Gasteiger partial charge is 0.508 e. The third kappa shape index (κ3) is 3.40. The van der Waals surface area contributed by atoms with Crippen LogP contribution >= 0.6 is 0 Å².